The number of hydrogen-bond donors (Lipinski definition) is 1. The van der Waals surface area contributed by atoms with Crippen LogP contribution in [0.4, 0.5) is 4.39 Å². The second kappa shape index (κ2) is 6.55. The molecule has 1 atom stereocenters. The molecular formula is C15H14ClFN2O4. The summed E-state index contributed by atoms with van der Waals surface area (Å²) in [6.45, 7) is 0.737. The number of aromatic nitrogens is 1. The average molecular weight is 341 g/mol. The Morgan fingerprint density at radius 2 is 2.39 bits per heavy atom. The molecule has 0 radical (unpaired) electrons. The summed E-state index contributed by atoms with van der Waals surface area (Å²) in [5.74, 6) is -0.404. The monoisotopic (exact) mass is 340 g/mol. The van der Waals surface area contributed by atoms with Crippen LogP contribution in [0.15, 0.2) is 28.9 Å². The highest BCUT2D eigenvalue weighted by molar-refractivity contribution is 6.30. The summed E-state index contributed by atoms with van der Waals surface area (Å²) in [7, 11) is 0. The summed E-state index contributed by atoms with van der Waals surface area (Å²) in [6, 6.07) is 4.06. The van der Waals surface area contributed by atoms with Crippen LogP contribution in [0.25, 0.3) is 0 Å². The van der Waals surface area contributed by atoms with Gasteiger partial charge >= 0.3 is 0 Å². The normalized spacial score (nSPS) is 17.5. The number of β-amino-alcohol motifs (C(OH)–C–C–N with tert-alkyl or cyclic N) is 1. The summed E-state index contributed by atoms with van der Waals surface area (Å²) >= 11 is 5.59. The van der Waals surface area contributed by atoms with E-state index in [9.17, 15) is 14.3 Å². The molecule has 2 aromatic rings. The highest BCUT2D eigenvalue weighted by Crippen LogP contribution is 2.21. The van der Waals surface area contributed by atoms with Crippen molar-refractivity contribution in [3.63, 3.8) is 0 Å². The molecule has 8 heteroatoms. The Balaban J connectivity index is 1.60. The van der Waals surface area contributed by atoms with Crippen molar-refractivity contribution < 1.29 is 23.4 Å². The Morgan fingerprint density at radius 1 is 1.57 bits per heavy atom. The first-order chi connectivity index (χ1) is 11.0. The second-order valence-electron chi connectivity index (χ2n) is 5.18. The van der Waals surface area contributed by atoms with E-state index in [1.807, 2.05) is 0 Å². The van der Waals surface area contributed by atoms with Gasteiger partial charge in [0.05, 0.1) is 11.1 Å². The van der Waals surface area contributed by atoms with Gasteiger partial charge in [-0.1, -0.05) is 11.6 Å². The van der Waals surface area contributed by atoms with Crippen molar-refractivity contribution in [1.82, 2.24) is 9.88 Å². The fourth-order valence-corrected chi connectivity index (χ4v) is 2.39. The van der Waals surface area contributed by atoms with E-state index in [2.05, 4.69) is 4.98 Å². The topological polar surface area (TPSA) is 75.8 Å². The number of aliphatic hydroxyl groups is 1. The van der Waals surface area contributed by atoms with E-state index in [1.54, 1.807) is 0 Å². The van der Waals surface area contributed by atoms with Gasteiger partial charge in [0.25, 0.3) is 5.91 Å². The van der Waals surface area contributed by atoms with Gasteiger partial charge in [-0.15, -0.1) is 0 Å². The van der Waals surface area contributed by atoms with Crippen molar-refractivity contribution in [2.24, 2.45) is 0 Å². The molecular weight excluding hydrogens is 327 g/mol. The van der Waals surface area contributed by atoms with Crippen LogP contribution >= 0.6 is 11.6 Å². The van der Waals surface area contributed by atoms with E-state index in [-0.39, 0.29) is 34.9 Å². The molecule has 1 aromatic heterocycles. The fraction of sp³-hybridized carbons (Fsp3) is 0.333. The van der Waals surface area contributed by atoms with Crippen LogP contribution in [0.5, 0.6) is 5.75 Å². The maximum Gasteiger partial charge on any atom is 0.275 e. The van der Waals surface area contributed by atoms with E-state index in [0.29, 0.717) is 19.5 Å². The Kier molecular flexibility index (Phi) is 4.49. The minimum atomic E-state index is -0.583. The zero-order valence-corrected chi connectivity index (χ0v) is 12.8. The molecule has 122 valence electrons. The lowest BCUT2D eigenvalue weighted by Gasteiger charge is -2.12. The number of benzene rings is 1. The van der Waals surface area contributed by atoms with Crippen LogP contribution in [-0.4, -0.2) is 40.1 Å². The number of aliphatic hydroxyl groups excluding tert-OH is 1. The molecule has 0 bridgehead atoms. The maximum atomic E-state index is 13.3. The summed E-state index contributed by atoms with van der Waals surface area (Å²) < 4.78 is 23.8. The van der Waals surface area contributed by atoms with E-state index in [0.717, 1.165) is 6.07 Å². The van der Waals surface area contributed by atoms with Gasteiger partial charge in [-0.25, -0.2) is 9.37 Å². The highest BCUT2D eigenvalue weighted by Gasteiger charge is 2.27. The molecule has 2 heterocycles. The van der Waals surface area contributed by atoms with Crippen molar-refractivity contribution in [1.29, 1.82) is 0 Å². The SMILES string of the molecule is O=C(c1coc(COc2ccc(Cl)c(F)c2)n1)N1CCC(O)C1. The maximum absolute atomic E-state index is 13.3. The van der Waals surface area contributed by atoms with Crippen LogP contribution in [0, 0.1) is 5.82 Å². The van der Waals surface area contributed by atoms with Gasteiger partial charge in [0, 0.05) is 19.2 Å². The van der Waals surface area contributed by atoms with Crippen molar-refractivity contribution >= 4 is 17.5 Å². The van der Waals surface area contributed by atoms with Gasteiger partial charge in [-0.2, -0.15) is 0 Å². The third kappa shape index (κ3) is 3.62. The number of ether oxygens (including phenoxy) is 1. The minimum absolute atomic E-state index is 0.00848. The molecule has 1 aromatic carbocycles. The lowest BCUT2D eigenvalue weighted by Crippen LogP contribution is -2.29. The van der Waals surface area contributed by atoms with Gasteiger partial charge in [0.1, 0.15) is 17.8 Å². The molecule has 1 unspecified atom stereocenters. The van der Waals surface area contributed by atoms with Gasteiger partial charge in [-0.3, -0.25) is 4.79 Å². The number of likely N-dealkylation sites (tertiary alicyclic amines) is 1. The van der Waals surface area contributed by atoms with Crippen molar-refractivity contribution in [2.45, 2.75) is 19.1 Å². The Bertz CT molecular complexity index is 721. The first-order valence-corrected chi connectivity index (χ1v) is 7.40. The number of carbonyl (C=O) groups excluding carboxylic acids is 1. The zero-order chi connectivity index (χ0) is 16.4. The number of amides is 1. The molecule has 0 saturated carbocycles. The minimum Gasteiger partial charge on any atom is -0.484 e. The quantitative estimate of drug-likeness (QED) is 0.924. The standard InChI is InChI=1S/C15H14ClFN2O4/c16-11-2-1-10(5-12(11)17)22-8-14-18-13(7-23-14)15(21)19-4-3-9(20)6-19/h1-2,5,7,9,20H,3-4,6,8H2. The predicted molar refractivity (Wildman–Crippen MR) is 78.8 cm³/mol. The number of carbonyl (C=O) groups is 1. The fourth-order valence-electron chi connectivity index (χ4n) is 2.28. The van der Waals surface area contributed by atoms with Gasteiger partial charge in [0.2, 0.25) is 5.89 Å². The third-order valence-corrected chi connectivity index (χ3v) is 3.78. The molecule has 1 saturated heterocycles. The number of halogens is 2. The number of nitrogens with zero attached hydrogens (tertiary/aromatic N) is 2. The second-order valence-corrected chi connectivity index (χ2v) is 5.59. The van der Waals surface area contributed by atoms with E-state index < -0.39 is 11.9 Å². The number of hydrogen-bond acceptors (Lipinski definition) is 5. The predicted octanol–water partition coefficient (Wildman–Crippen LogP) is 2.25. The first-order valence-electron chi connectivity index (χ1n) is 7.02. The number of oxazole rings is 1. The smallest absolute Gasteiger partial charge is 0.275 e. The molecule has 6 nitrogen and oxygen atoms in total. The lowest BCUT2D eigenvalue weighted by molar-refractivity contribution is 0.0759. The van der Waals surface area contributed by atoms with E-state index in [1.165, 1.54) is 23.3 Å². The van der Waals surface area contributed by atoms with Crippen molar-refractivity contribution in [3.8, 4) is 5.75 Å². The van der Waals surface area contributed by atoms with Crippen LogP contribution in [0.1, 0.15) is 22.8 Å². The van der Waals surface area contributed by atoms with Crippen molar-refractivity contribution in [3.05, 3.63) is 46.9 Å². The molecule has 1 aliphatic heterocycles. The van der Waals surface area contributed by atoms with Crippen molar-refractivity contribution in [2.75, 3.05) is 13.1 Å². The van der Waals surface area contributed by atoms with Crippen LogP contribution in [-0.2, 0) is 6.61 Å². The molecule has 1 N–H and O–H groups in total. The molecule has 3 rings (SSSR count). The molecule has 1 aliphatic rings. The zero-order valence-electron chi connectivity index (χ0n) is 12.0. The average Bonchev–Trinajstić information content (AvgIpc) is 3.17. The summed E-state index contributed by atoms with van der Waals surface area (Å²) in [5.41, 5.74) is 0.153. The summed E-state index contributed by atoms with van der Waals surface area (Å²) in [5, 5.41) is 9.46. The first kappa shape index (κ1) is 15.8. The Morgan fingerprint density at radius 3 is 3.09 bits per heavy atom. The molecule has 23 heavy (non-hydrogen) atoms. The highest BCUT2D eigenvalue weighted by atomic mass is 35.5. The molecule has 0 aliphatic carbocycles. The largest absolute Gasteiger partial charge is 0.484 e. The van der Waals surface area contributed by atoms with Crippen LogP contribution in [0.2, 0.25) is 5.02 Å². The Labute approximate surface area is 136 Å². The summed E-state index contributed by atoms with van der Waals surface area (Å²) in [4.78, 5) is 17.7. The lowest BCUT2D eigenvalue weighted by atomic mass is 10.3. The molecule has 1 fully saturated rings. The van der Waals surface area contributed by atoms with Crippen LogP contribution < -0.4 is 4.74 Å². The van der Waals surface area contributed by atoms with Gasteiger partial charge < -0.3 is 19.2 Å². The number of rotatable bonds is 4. The van der Waals surface area contributed by atoms with E-state index >= 15 is 0 Å². The van der Waals surface area contributed by atoms with Gasteiger partial charge in [-0.05, 0) is 18.6 Å². The molecule has 0 spiro atoms. The van der Waals surface area contributed by atoms with E-state index in [4.69, 9.17) is 20.8 Å². The Hall–Kier alpha value is -2.12. The van der Waals surface area contributed by atoms with Crippen LogP contribution in [0.3, 0.4) is 0 Å². The van der Waals surface area contributed by atoms with Gasteiger partial charge in [0.15, 0.2) is 12.3 Å². The summed E-state index contributed by atoms with van der Waals surface area (Å²) in [6.07, 6.45) is 1.31. The third-order valence-electron chi connectivity index (χ3n) is 3.47. The molecule has 1 amide bonds.